The molecule has 0 aromatic heterocycles. The van der Waals surface area contributed by atoms with Crippen LogP contribution >= 0.6 is 0 Å². The summed E-state index contributed by atoms with van der Waals surface area (Å²) in [5.41, 5.74) is 0.238. The van der Waals surface area contributed by atoms with Crippen LogP contribution in [0.25, 0.3) is 0 Å². The van der Waals surface area contributed by atoms with Crippen molar-refractivity contribution in [3.63, 3.8) is 0 Å². The zero-order valence-electron chi connectivity index (χ0n) is 9.47. The molecule has 1 rings (SSSR count). The lowest BCUT2D eigenvalue weighted by atomic mass is 9.67. The lowest BCUT2D eigenvalue weighted by Gasteiger charge is -2.41. The minimum absolute atomic E-state index is 0.238. The summed E-state index contributed by atoms with van der Waals surface area (Å²) in [6.45, 7) is 4.65. The first-order chi connectivity index (χ1) is 7.13. The Labute approximate surface area is 90.4 Å². The molecule has 1 aliphatic rings. The standard InChI is InChI=1S/C11H19NO3/c1-3-11(6-5-7-11)8-12-9(13)10(14)15-4-2/h3-8H2,1-2H3,(H,12,13). The molecule has 0 saturated heterocycles. The van der Waals surface area contributed by atoms with Crippen LogP contribution < -0.4 is 5.32 Å². The van der Waals surface area contributed by atoms with E-state index in [1.165, 1.54) is 6.42 Å². The summed E-state index contributed by atoms with van der Waals surface area (Å²) in [5, 5.41) is 2.65. The number of amides is 1. The number of carbonyl (C=O) groups excluding carboxylic acids is 2. The van der Waals surface area contributed by atoms with Gasteiger partial charge in [0.1, 0.15) is 0 Å². The van der Waals surface area contributed by atoms with Crippen LogP contribution in [0.4, 0.5) is 0 Å². The van der Waals surface area contributed by atoms with E-state index in [1.807, 2.05) is 0 Å². The van der Waals surface area contributed by atoms with Gasteiger partial charge in [-0.2, -0.15) is 0 Å². The number of hydrogen-bond acceptors (Lipinski definition) is 3. The van der Waals surface area contributed by atoms with Crippen molar-refractivity contribution in [2.75, 3.05) is 13.2 Å². The van der Waals surface area contributed by atoms with Crippen LogP contribution in [0.1, 0.15) is 39.5 Å². The van der Waals surface area contributed by atoms with E-state index in [9.17, 15) is 9.59 Å². The van der Waals surface area contributed by atoms with Crippen LogP contribution in [0.3, 0.4) is 0 Å². The molecule has 4 nitrogen and oxygen atoms in total. The van der Waals surface area contributed by atoms with Gasteiger partial charge in [-0.3, -0.25) is 4.79 Å². The number of ether oxygens (including phenoxy) is 1. The zero-order chi connectivity index (χ0) is 11.3. The Morgan fingerprint density at radius 3 is 2.40 bits per heavy atom. The molecule has 1 aliphatic carbocycles. The van der Waals surface area contributed by atoms with E-state index in [4.69, 9.17) is 0 Å². The summed E-state index contributed by atoms with van der Waals surface area (Å²) in [6.07, 6.45) is 4.57. The maximum atomic E-state index is 11.2. The molecule has 0 heterocycles. The topological polar surface area (TPSA) is 55.4 Å². The number of esters is 1. The fourth-order valence-corrected chi connectivity index (χ4v) is 1.87. The monoisotopic (exact) mass is 213 g/mol. The van der Waals surface area contributed by atoms with Crippen molar-refractivity contribution < 1.29 is 14.3 Å². The van der Waals surface area contributed by atoms with Gasteiger partial charge in [0.15, 0.2) is 0 Å². The Bertz CT molecular complexity index is 241. The van der Waals surface area contributed by atoms with Gasteiger partial charge in [-0.05, 0) is 31.6 Å². The number of hydrogen-bond donors (Lipinski definition) is 1. The molecule has 1 saturated carbocycles. The summed E-state index contributed by atoms with van der Waals surface area (Å²) in [5.74, 6) is -1.39. The number of nitrogens with one attached hydrogen (secondary N) is 1. The molecule has 0 unspecified atom stereocenters. The highest BCUT2D eigenvalue weighted by Crippen LogP contribution is 2.42. The number of rotatable bonds is 4. The minimum atomic E-state index is -0.775. The molecule has 0 aromatic carbocycles. The molecule has 1 amide bonds. The SMILES string of the molecule is CCOC(=O)C(=O)NCC1(CC)CCC1. The third-order valence-electron chi connectivity index (χ3n) is 3.25. The van der Waals surface area contributed by atoms with Gasteiger partial charge in [-0.25, -0.2) is 4.79 Å². The van der Waals surface area contributed by atoms with E-state index in [-0.39, 0.29) is 12.0 Å². The first-order valence-corrected chi connectivity index (χ1v) is 5.58. The molecular weight excluding hydrogens is 194 g/mol. The van der Waals surface area contributed by atoms with Crippen LogP contribution in [0.15, 0.2) is 0 Å². The van der Waals surface area contributed by atoms with Gasteiger partial charge < -0.3 is 10.1 Å². The van der Waals surface area contributed by atoms with E-state index in [1.54, 1.807) is 6.92 Å². The van der Waals surface area contributed by atoms with Crippen molar-refractivity contribution in [3.05, 3.63) is 0 Å². The van der Waals surface area contributed by atoms with Crippen LogP contribution in [0.5, 0.6) is 0 Å². The fraction of sp³-hybridized carbons (Fsp3) is 0.818. The second-order valence-corrected chi connectivity index (χ2v) is 4.11. The molecule has 0 bridgehead atoms. The highest BCUT2D eigenvalue weighted by Gasteiger charge is 2.35. The van der Waals surface area contributed by atoms with Gasteiger partial charge in [0.25, 0.3) is 0 Å². The van der Waals surface area contributed by atoms with Crippen LogP contribution in [0, 0.1) is 5.41 Å². The Morgan fingerprint density at radius 2 is 2.00 bits per heavy atom. The van der Waals surface area contributed by atoms with Crippen molar-refractivity contribution in [2.24, 2.45) is 5.41 Å². The van der Waals surface area contributed by atoms with Gasteiger partial charge >= 0.3 is 11.9 Å². The Hall–Kier alpha value is -1.06. The third kappa shape index (κ3) is 2.94. The van der Waals surface area contributed by atoms with Crippen molar-refractivity contribution in [1.29, 1.82) is 0 Å². The minimum Gasteiger partial charge on any atom is -0.459 e. The summed E-state index contributed by atoms with van der Waals surface area (Å²) in [4.78, 5) is 22.3. The van der Waals surface area contributed by atoms with Crippen LogP contribution in [-0.2, 0) is 14.3 Å². The van der Waals surface area contributed by atoms with Gasteiger partial charge in [0, 0.05) is 6.54 Å². The Kier molecular flexibility index (Phi) is 4.12. The molecule has 1 fully saturated rings. The molecule has 1 N–H and O–H groups in total. The zero-order valence-corrected chi connectivity index (χ0v) is 9.47. The summed E-state index contributed by atoms with van der Waals surface area (Å²) >= 11 is 0. The van der Waals surface area contributed by atoms with Crippen LogP contribution in [-0.4, -0.2) is 25.0 Å². The smallest absolute Gasteiger partial charge is 0.396 e. The third-order valence-corrected chi connectivity index (χ3v) is 3.25. The highest BCUT2D eigenvalue weighted by molar-refractivity contribution is 6.32. The normalized spacial score (nSPS) is 17.7. The molecule has 0 aromatic rings. The van der Waals surface area contributed by atoms with Crippen LogP contribution in [0.2, 0.25) is 0 Å². The van der Waals surface area contributed by atoms with Crippen molar-refractivity contribution >= 4 is 11.9 Å². The van der Waals surface area contributed by atoms with E-state index in [0.717, 1.165) is 19.3 Å². The van der Waals surface area contributed by atoms with Gasteiger partial charge in [0.05, 0.1) is 6.61 Å². The molecule has 86 valence electrons. The maximum absolute atomic E-state index is 11.2. The summed E-state index contributed by atoms with van der Waals surface area (Å²) in [6, 6.07) is 0. The average molecular weight is 213 g/mol. The van der Waals surface area contributed by atoms with E-state index < -0.39 is 11.9 Å². The molecular formula is C11H19NO3. The summed E-state index contributed by atoms with van der Waals surface area (Å²) < 4.78 is 4.60. The summed E-state index contributed by atoms with van der Waals surface area (Å²) in [7, 11) is 0. The highest BCUT2D eigenvalue weighted by atomic mass is 16.5. The first-order valence-electron chi connectivity index (χ1n) is 5.58. The molecule has 0 radical (unpaired) electrons. The van der Waals surface area contributed by atoms with Crippen molar-refractivity contribution in [2.45, 2.75) is 39.5 Å². The predicted molar refractivity (Wildman–Crippen MR) is 56.2 cm³/mol. The lowest BCUT2D eigenvalue weighted by molar-refractivity contribution is -0.154. The van der Waals surface area contributed by atoms with E-state index in [2.05, 4.69) is 17.0 Å². The van der Waals surface area contributed by atoms with Crippen molar-refractivity contribution in [1.82, 2.24) is 5.32 Å². The average Bonchev–Trinajstić information content (AvgIpc) is 2.17. The fourth-order valence-electron chi connectivity index (χ4n) is 1.87. The van der Waals surface area contributed by atoms with Crippen molar-refractivity contribution in [3.8, 4) is 0 Å². The Balaban J connectivity index is 2.30. The second-order valence-electron chi connectivity index (χ2n) is 4.11. The molecule has 0 atom stereocenters. The predicted octanol–water partition coefficient (Wildman–Crippen LogP) is 1.25. The first kappa shape index (κ1) is 12.0. The van der Waals surface area contributed by atoms with E-state index in [0.29, 0.717) is 6.54 Å². The molecule has 0 spiro atoms. The van der Waals surface area contributed by atoms with E-state index >= 15 is 0 Å². The number of carbonyl (C=O) groups is 2. The molecule has 0 aliphatic heterocycles. The Morgan fingerprint density at radius 1 is 1.33 bits per heavy atom. The maximum Gasteiger partial charge on any atom is 0.396 e. The lowest BCUT2D eigenvalue weighted by Crippen LogP contribution is -2.44. The van der Waals surface area contributed by atoms with Gasteiger partial charge in [-0.1, -0.05) is 13.3 Å². The second kappa shape index (κ2) is 5.14. The molecule has 15 heavy (non-hydrogen) atoms. The quantitative estimate of drug-likeness (QED) is 0.564. The van der Waals surface area contributed by atoms with Gasteiger partial charge in [0.2, 0.25) is 0 Å². The largest absolute Gasteiger partial charge is 0.459 e. The molecule has 4 heteroatoms. The van der Waals surface area contributed by atoms with Gasteiger partial charge in [-0.15, -0.1) is 0 Å².